The summed E-state index contributed by atoms with van der Waals surface area (Å²) in [5.41, 5.74) is 0. The van der Waals surface area contributed by atoms with E-state index in [2.05, 4.69) is 30.5 Å². The molecule has 0 atom stereocenters. The Morgan fingerprint density at radius 3 is 2.85 bits per heavy atom. The maximum atomic E-state index is 12.4. The predicted octanol–water partition coefficient (Wildman–Crippen LogP) is 4.32. The van der Waals surface area contributed by atoms with Crippen LogP contribution in [0.2, 0.25) is 0 Å². The Morgan fingerprint density at radius 2 is 2.25 bits per heavy atom. The summed E-state index contributed by atoms with van der Waals surface area (Å²) in [6.07, 6.45) is 5.94. The lowest BCUT2D eigenvalue weighted by Crippen LogP contribution is -2.30. The molecule has 0 aliphatic heterocycles. The van der Waals surface area contributed by atoms with Crippen molar-refractivity contribution in [3.05, 3.63) is 50.4 Å². The number of nitrogens with zero attached hydrogens (tertiary/aromatic N) is 1. The van der Waals surface area contributed by atoms with Gasteiger partial charge in [0.15, 0.2) is 0 Å². The zero-order valence-corrected chi connectivity index (χ0v) is 13.0. The summed E-state index contributed by atoms with van der Waals surface area (Å²) in [6, 6.07) is 8.72. The van der Waals surface area contributed by atoms with Crippen molar-refractivity contribution in [1.29, 1.82) is 0 Å². The molecule has 2 aromatic heterocycles. The molecule has 4 heteroatoms. The van der Waals surface area contributed by atoms with Crippen LogP contribution in [0.15, 0.2) is 35.7 Å². The third-order valence-electron chi connectivity index (χ3n) is 3.33. The second-order valence-corrected chi connectivity index (χ2v) is 7.41. The average molecular weight is 303 g/mol. The SMILES string of the molecule is Cc1ccc(/C=C/C(=O)N(Cc2cccs2)C2CC2)s1. The molecular formula is C16H17NOS2. The Balaban J connectivity index is 1.68. The van der Waals surface area contributed by atoms with Gasteiger partial charge in [0, 0.05) is 26.7 Å². The molecule has 2 heterocycles. The number of carbonyl (C=O) groups excluding carboxylic acids is 1. The molecule has 1 aliphatic carbocycles. The van der Waals surface area contributed by atoms with E-state index in [1.165, 1.54) is 9.75 Å². The average Bonchev–Trinajstić information content (AvgIpc) is 2.97. The van der Waals surface area contributed by atoms with Gasteiger partial charge in [-0.05, 0) is 49.4 Å². The summed E-state index contributed by atoms with van der Waals surface area (Å²) in [6.45, 7) is 2.83. The number of amides is 1. The second kappa shape index (κ2) is 5.94. The smallest absolute Gasteiger partial charge is 0.247 e. The Morgan fingerprint density at radius 1 is 1.40 bits per heavy atom. The van der Waals surface area contributed by atoms with E-state index in [0.29, 0.717) is 6.04 Å². The fraction of sp³-hybridized carbons (Fsp3) is 0.312. The van der Waals surface area contributed by atoms with Crippen LogP contribution in [0.1, 0.15) is 27.5 Å². The first kappa shape index (κ1) is 13.6. The summed E-state index contributed by atoms with van der Waals surface area (Å²) in [4.78, 5) is 18.1. The number of carbonyl (C=O) groups is 1. The number of thiophene rings is 2. The van der Waals surface area contributed by atoms with Gasteiger partial charge in [0.05, 0.1) is 6.54 Å². The van der Waals surface area contributed by atoms with Crippen LogP contribution in [0.25, 0.3) is 6.08 Å². The fourth-order valence-electron chi connectivity index (χ4n) is 2.14. The van der Waals surface area contributed by atoms with Crippen molar-refractivity contribution in [2.24, 2.45) is 0 Å². The van der Waals surface area contributed by atoms with Gasteiger partial charge in [-0.2, -0.15) is 0 Å². The monoisotopic (exact) mass is 303 g/mol. The van der Waals surface area contributed by atoms with Gasteiger partial charge in [0.1, 0.15) is 0 Å². The van der Waals surface area contributed by atoms with E-state index in [1.807, 2.05) is 17.0 Å². The van der Waals surface area contributed by atoms with Crippen LogP contribution < -0.4 is 0 Å². The normalized spacial score (nSPS) is 14.8. The van der Waals surface area contributed by atoms with Crippen LogP contribution in [-0.2, 0) is 11.3 Å². The highest BCUT2D eigenvalue weighted by Gasteiger charge is 2.31. The van der Waals surface area contributed by atoms with E-state index in [1.54, 1.807) is 28.7 Å². The highest BCUT2D eigenvalue weighted by atomic mass is 32.1. The summed E-state index contributed by atoms with van der Waals surface area (Å²) in [5.74, 6) is 0.131. The van der Waals surface area contributed by atoms with Gasteiger partial charge in [-0.15, -0.1) is 22.7 Å². The molecule has 20 heavy (non-hydrogen) atoms. The van der Waals surface area contributed by atoms with Crippen molar-refractivity contribution in [2.45, 2.75) is 32.4 Å². The first-order valence-corrected chi connectivity index (χ1v) is 8.49. The molecule has 0 radical (unpaired) electrons. The molecular weight excluding hydrogens is 286 g/mol. The minimum Gasteiger partial charge on any atom is -0.331 e. The van der Waals surface area contributed by atoms with E-state index < -0.39 is 0 Å². The zero-order chi connectivity index (χ0) is 13.9. The van der Waals surface area contributed by atoms with E-state index >= 15 is 0 Å². The van der Waals surface area contributed by atoms with Crippen molar-refractivity contribution in [3.8, 4) is 0 Å². The zero-order valence-electron chi connectivity index (χ0n) is 11.4. The molecule has 1 fully saturated rings. The van der Waals surface area contributed by atoms with Gasteiger partial charge in [0.25, 0.3) is 0 Å². The van der Waals surface area contributed by atoms with Crippen molar-refractivity contribution in [3.63, 3.8) is 0 Å². The Hall–Kier alpha value is -1.39. The molecule has 1 saturated carbocycles. The highest BCUT2D eigenvalue weighted by Crippen LogP contribution is 2.29. The van der Waals surface area contributed by atoms with E-state index in [9.17, 15) is 4.79 Å². The Kier molecular flexibility index (Phi) is 4.03. The summed E-state index contributed by atoms with van der Waals surface area (Å²) in [5, 5.41) is 2.06. The van der Waals surface area contributed by atoms with Crippen molar-refractivity contribution >= 4 is 34.7 Å². The topological polar surface area (TPSA) is 20.3 Å². The number of hydrogen-bond acceptors (Lipinski definition) is 3. The number of rotatable bonds is 5. The lowest BCUT2D eigenvalue weighted by atomic mass is 10.3. The minimum absolute atomic E-state index is 0.131. The molecule has 104 valence electrons. The van der Waals surface area contributed by atoms with Crippen LogP contribution in [0.4, 0.5) is 0 Å². The largest absolute Gasteiger partial charge is 0.331 e. The van der Waals surface area contributed by atoms with Crippen molar-refractivity contribution in [1.82, 2.24) is 4.90 Å². The summed E-state index contributed by atoms with van der Waals surface area (Å²) in [7, 11) is 0. The lowest BCUT2D eigenvalue weighted by molar-refractivity contribution is -0.127. The molecule has 0 spiro atoms. The van der Waals surface area contributed by atoms with E-state index in [0.717, 1.165) is 24.3 Å². The first-order chi connectivity index (χ1) is 9.72. The highest BCUT2D eigenvalue weighted by molar-refractivity contribution is 7.12. The minimum atomic E-state index is 0.131. The van der Waals surface area contributed by atoms with Crippen LogP contribution in [0.5, 0.6) is 0 Å². The van der Waals surface area contributed by atoms with Gasteiger partial charge >= 0.3 is 0 Å². The molecule has 3 rings (SSSR count). The molecule has 1 aliphatic rings. The van der Waals surface area contributed by atoms with Crippen LogP contribution in [0.3, 0.4) is 0 Å². The molecule has 0 aromatic carbocycles. The number of hydrogen-bond donors (Lipinski definition) is 0. The van der Waals surface area contributed by atoms with Crippen LogP contribution in [0, 0.1) is 6.92 Å². The fourth-order valence-corrected chi connectivity index (χ4v) is 3.62. The quantitative estimate of drug-likeness (QED) is 0.753. The van der Waals surface area contributed by atoms with Gasteiger partial charge in [-0.1, -0.05) is 6.07 Å². The third kappa shape index (κ3) is 3.38. The van der Waals surface area contributed by atoms with Crippen molar-refractivity contribution < 1.29 is 4.79 Å². The molecule has 0 bridgehead atoms. The molecule has 1 amide bonds. The van der Waals surface area contributed by atoms with E-state index in [4.69, 9.17) is 0 Å². The van der Waals surface area contributed by atoms with E-state index in [-0.39, 0.29) is 5.91 Å². The lowest BCUT2D eigenvalue weighted by Gasteiger charge is -2.19. The summed E-state index contributed by atoms with van der Waals surface area (Å²) >= 11 is 3.43. The van der Waals surface area contributed by atoms with Gasteiger partial charge in [0.2, 0.25) is 5.91 Å². The summed E-state index contributed by atoms with van der Waals surface area (Å²) < 4.78 is 0. The molecule has 0 N–H and O–H groups in total. The number of aryl methyl sites for hydroxylation is 1. The first-order valence-electron chi connectivity index (χ1n) is 6.80. The van der Waals surface area contributed by atoms with Gasteiger partial charge in [-0.25, -0.2) is 0 Å². The maximum Gasteiger partial charge on any atom is 0.247 e. The van der Waals surface area contributed by atoms with Crippen LogP contribution in [-0.4, -0.2) is 16.8 Å². The van der Waals surface area contributed by atoms with Gasteiger partial charge in [-0.3, -0.25) is 4.79 Å². The van der Waals surface area contributed by atoms with Crippen molar-refractivity contribution in [2.75, 3.05) is 0 Å². The second-order valence-electron chi connectivity index (χ2n) is 5.06. The molecule has 0 unspecified atom stereocenters. The van der Waals surface area contributed by atoms with Crippen LogP contribution >= 0.6 is 22.7 Å². The predicted molar refractivity (Wildman–Crippen MR) is 86.0 cm³/mol. The third-order valence-corrected chi connectivity index (χ3v) is 5.16. The molecule has 2 aromatic rings. The Labute approximate surface area is 127 Å². The van der Waals surface area contributed by atoms with Gasteiger partial charge < -0.3 is 4.90 Å². The maximum absolute atomic E-state index is 12.4. The Bertz CT molecular complexity index is 608. The standard InChI is InChI=1S/C16H17NOS2/c1-12-4-7-14(20-12)8-9-16(18)17(13-5-6-13)11-15-3-2-10-19-15/h2-4,7-10,13H,5-6,11H2,1H3/b9-8+. The molecule has 0 saturated heterocycles. The molecule has 2 nitrogen and oxygen atoms in total.